The Bertz CT molecular complexity index is 179. The number of hydrogen-bond acceptors (Lipinski definition) is 1. The number of carboxylic acid groups (broad SMARTS) is 1. The molecule has 1 atom stereocenters. The number of rotatable bonds is 4. The number of allylic oxidation sites excluding steroid dienone is 2. The fraction of sp³-hybridized carbons (Fsp3) is 0.667. The van der Waals surface area contributed by atoms with E-state index < -0.39 is 14.0 Å². The summed E-state index contributed by atoms with van der Waals surface area (Å²) in [5.41, 5.74) is 0.264. The molecule has 0 aliphatic rings. The van der Waals surface area contributed by atoms with Gasteiger partial charge in [0.15, 0.2) is 0 Å². The van der Waals surface area contributed by atoms with Crippen molar-refractivity contribution < 1.29 is 9.90 Å². The van der Waals surface area contributed by atoms with E-state index in [1.807, 2.05) is 19.1 Å². The van der Waals surface area contributed by atoms with Crippen LogP contribution in [0.1, 0.15) is 13.3 Å². The molecule has 0 aromatic heterocycles. The van der Waals surface area contributed by atoms with Crippen LogP contribution in [-0.4, -0.2) is 19.1 Å². The van der Waals surface area contributed by atoms with E-state index in [1.54, 1.807) is 0 Å². The van der Waals surface area contributed by atoms with Gasteiger partial charge in [-0.25, -0.2) is 0 Å². The molecular formula is C9H18O2Si. The minimum atomic E-state index is -1.34. The van der Waals surface area contributed by atoms with E-state index in [9.17, 15) is 4.79 Å². The van der Waals surface area contributed by atoms with Crippen LogP contribution < -0.4 is 0 Å². The molecule has 0 saturated carbocycles. The molecule has 0 rings (SSSR count). The van der Waals surface area contributed by atoms with Crippen LogP contribution in [0, 0.1) is 0 Å². The molecule has 3 heteroatoms. The lowest BCUT2D eigenvalue weighted by atomic mass is 10.3. The second kappa shape index (κ2) is 4.45. The quantitative estimate of drug-likeness (QED) is 0.541. The van der Waals surface area contributed by atoms with Crippen LogP contribution in [0.15, 0.2) is 12.2 Å². The van der Waals surface area contributed by atoms with Crippen molar-refractivity contribution >= 4 is 14.0 Å². The Kier molecular flexibility index (Phi) is 4.24. The maximum atomic E-state index is 10.5. The van der Waals surface area contributed by atoms with Crippen molar-refractivity contribution in [1.82, 2.24) is 0 Å². The van der Waals surface area contributed by atoms with Gasteiger partial charge in [-0.05, 0) is 12.5 Å². The molecule has 0 amide bonds. The topological polar surface area (TPSA) is 37.3 Å². The number of hydrogen-bond donors (Lipinski definition) is 1. The van der Waals surface area contributed by atoms with Crippen molar-refractivity contribution in [2.45, 2.75) is 38.5 Å². The minimum Gasteiger partial charge on any atom is -0.481 e. The largest absolute Gasteiger partial charge is 0.481 e. The van der Waals surface area contributed by atoms with Gasteiger partial charge in [0.1, 0.15) is 0 Å². The third-order valence-electron chi connectivity index (χ3n) is 1.93. The molecule has 70 valence electrons. The van der Waals surface area contributed by atoms with Crippen LogP contribution in [0.3, 0.4) is 0 Å². The van der Waals surface area contributed by atoms with Crippen molar-refractivity contribution in [1.29, 1.82) is 0 Å². The van der Waals surface area contributed by atoms with Crippen molar-refractivity contribution in [3.05, 3.63) is 12.2 Å². The Morgan fingerprint density at radius 2 is 2.00 bits per heavy atom. The lowest BCUT2D eigenvalue weighted by Crippen LogP contribution is -2.28. The molecule has 12 heavy (non-hydrogen) atoms. The SMILES string of the molecule is C/C=C/[C@H](CC(=O)O)[Si](C)(C)C. The molecule has 0 heterocycles. The summed E-state index contributed by atoms with van der Waals surface area (Å²) in [4.78, 5) is 10.5. The smallest absolute Gasteiger partial charge is 0.303 e. The average molecular weight is 186 g/mol. The highest BCUT2D eigenvalue weighted by Gasteiger charge is 2.25. The highest BCUT2D eigenvalue weighted by molar-refractivity contribution is 6.78. The molecule has 0 saturated heterocycles. The van der Waals surface area contributed by atoms with E-state index in [-0.39, 0.29) is 12.0 Å². The molecule has 0 aliphatic carbocycles. The van der Waals surface area contributed by atoms with E-state index in [2.05, 4.69) is 19.6 Å². The van der Waals surface area contributed by atoms with Gasteiger partial charge in [-0.15, -0.1) is 0 Å². The monoisotopic (exact) mass is 186 g/mol. The molecule has 0 radical (unpaired) electrons. The van der Waals surface area contributed by atoms with Crippen molar-refractivity contribution in [3.63, 3.8) is 0 Å². The van der Waals surface area contributed by atoms with Gasteiger partial charge in [-0.3, -0.25) is 4.79 Å². The van der Waals surface area contributed by atoms with Crippen LogP contribution in [0.4, 0.5) is 0 Å². The summed E-state index contributed by atoms with van der Waals surface area (Å²) in [5, 5.41) is 8.66. The van der Waals surface area contributed by atoms with Gasteiger partial charge in [-0.1, -0.05) is 31.8 Å². The summed E-state index contributed by atoms with van der Waals surface area (Å²) < 4.78 is 0. The maximum absolute atomic E-state index is 10.5. The summed E-state index contributed by atoms with van der Waals surface area (Å²) in [5.74, 6) is -0.694. The summed E-state index contributed by atoms with van der Waals surface area (Å²) in [6.45, 7) is 8.52. The number of carboxylic acids is 1. The van der Waals surface area contributed by atoms with E-state index in [4.69, 9.17) is 5.11 Å². The summed E-state index contributed by atoms with van der Waals surface area (Å²) in [7, 11) is -1.34. The Labute approximate surface area is 75.3 Å². The Morgan fingerprint density at radius 1 is 1.50 bits per heavy atom. The summed E-state index contributed by atoms with van der Waals surface area (Å²) >= 11 is 0. The van der Waals surface area contributed by atoms with Crippen molar-refractivity contribution in [2.75, 3.05) is 0 Å². The Morgan fingerprint density at radius 3 is 2.25 bits per heavy atom. The van der Waals surface area contributed by atoms with Gasteiger partial charge in [-0.2, -0.15) is 0 Å². The average Bonchev–Trinajstić information content (AvgIpc) is 1.83. The molecule has 0 aliphatic heterocycles. The normalized spacial score (nSPS) is 15.0. The second-order valence-electron chi connectivity index (χ2n) is 4.10. The first-order chi connectivity index (χ1) is 5.38. The van der Waals surface area contributed by atoms with E-state index in [1.165, 1.54) is 0 Å². The van der Waals surface area contributed by atoms with E-state index >= 15 is 0 Å². The zero-order valence-corrected chi connectivity index (χ0v) is 9.29. The predicted octanol–water partition coefficient (Wildman–Crippen LogP) is 2.75. The van der Waals surface area contributed by atoms with E-state index in [0.717, 1.165) is 0 Å². The first-order valence-electron chi connectivity index (χ1n) is 4.22. The summed E-state index contributed by atoms with van der Waals surface area (Å²) in [6.07, 6.45) is 4.26. The lowest BCUT2D eigenvalue weighted by Gasteiger charge is -2.24. The third kappa shape index (κ3) is 4.33. The zero-order valence-electron chi connectivity index (χ0n) is 8.29. The van der Waals surface area contributed by atoms with Crippen LogP contribution in [0.25, 0.3) is 0 Å². The maximum Gasteiger partial charge on any atom is 0.303 e. The van der Waals surface area contributed by atoms with E-state index in [0.29, 0.717) is 0 Å². The van der Waals surface area contributed by atoms with Crippen LogP contribution in [0.5, 0.6) is 0 Å². The fourth-order valence-corrected chi connectivity index (χ4v) is 2.64. The van der Waals surface area contributed by atoms with Crippen molar-refractivity contribution in [2.24, 2.45) is 0 Å². The first kappa shape index (κ1) is 11.4. The standard InChI is InChI=1S/C9H18O2Si/c1-5-6-8(7-9(10)11)12(2,3)4/h5-6,8H,7H2,1-4H3,(H,10,11)/b6-5+/t8-/m1/s1. The highest BCUT2D eigenvalue weighted by Crippen LogP contribution is 2.26. The van der Waals surface area contributed by atoms with Crippen LogP contribution in [0.2, 0.25) is 25.2 Å². The molecule has 0 bridgehead atoms. The Balaban J connectivity index is 4.34. The van der Waals surface area contributed by atoms with Gasteiger partial charge in [0.2, 0.25) is 0 Å². The second-order valence-corrected chi connectivity index (χ2v) is 9.57. The van der Waals surface area contributed by atoms with Gasteiger partial charge in [0.05, 0.1) is 8.07 Å². The third-order valence-corrected chi connectivity index (χ3v) is 4.55. The predicted molar refractivity (Wildman–Crippen MR) is 54.2 cm³/mol. The molecule has 0 fully saturated rings. The molecular weight excluding hydrogens is 168 g/mol. The van der Waals surface area contributed by atoms with Crippen molar-refractivity contribution in [3.8, 4) is 0 Å². The molecule has 0 aromatic rings. The zero-order chi connectivity index (χ0) is 9.78. The minimum absolute atomic E-state index is 0.264. The lowest BCUT2D eigenvalue weighted by molar-refractivity contribution is -0.136. The highest BCUT2D eigenvalue weighted by atomic mass is 28.3. The van der Waals surface area contributed by atoms with Gasteiger partial charge in [0, 0.05) is 6.42 Å². The molecule has 2 nitrogen and oxygen atoms in total. The number of carbonyl (C=O) groups is 1. The summed E-state index contributed by atoms with van der Waals surface area (Å²) in [6, 6.07) is 0. The fourth-order valence-electron chi connectivity index (χ4n) is 1.08. The molecule has 0 unspecified atom stereocenters. The molecule has 0 aromatic carbocycles. The first-order valence-corrected chi connectivity index (χ1v) is 7.80. The van der Waals surface area contributed by atoms with Crippen LogP contribution in [-0.2, 0) is 4.79 Å². The van der Waals surface area contributed by atoms with Crippen LogP contribution >= 0.6 is 0 Å². The molecule has 1 N–H and O–H groups in total. The van der Waals surface area contributed by atoms with Gasteiger partial charge in [0.25, 0.3) is 0 Å². The number of aliphatic carboxylic acids is 1. The van der Waals surface area contributed by atoms with Gasteiger partial charge >= 0.3 is 5.97 Å². The molecule has 0 spiro atoms. The Hall–Kier alpha value is -0.573. The van der Waals surface area contributed by atoms with Gasteiger partial charge < -0.3 is 5.11 Å².